The molecule has 0 spiro atoms. The first-order valence-electron chi connectivity index (χ1n) is 5.64. The van der Waals surface area contributed by atoms with E-state index in [0.29, 0.717) is 17.1 Å². The van der Waals surface area contributed by atoms with Gasteiger partial charge >= 0.3 is 5.97 Å². The van der Waals surface area contributed by atoms with Gasteiger partial charge in [0.1, 0.15) is 5.92 Å². The molecule has 0 aliphatic carbocycles. The van der Waals surface area contributed by atoms with Gasteiger partial charge in [-0.3, -0.25) is 9.59 Å². The van der Waals surface area contributed by atoms with Crippen LogP contribution in [-0.4, -0.2) is 19.0 Å². The lowest BCUT2D eigenvalue weighted by Gasteiger charge is -2.14. The Labute approximate surface area is 111 Å². The Morgan fingerprint density at radius 1 is 1.44 bits per heavy atom. The molecule has 0 saturated carbocycles. The van der Waals surface area contributed by atoms with Gasteiger partial charge in [0.05, 0.1) is 7.11 Å². The van der Waals surface area contributed by atoms with Crippen LogP contribution >= 0.6 is 11.6 Å². The van der Waals surface area contributed by atoms with E-state index in [4.69, 9.17) is 11.6 Å². The second-order valence-electron chi connectivity index (χ2n) is 3.93. The third-order valence-corrected chi connectivity index (χ3v) is 2.90. The van der Waals surface area contributed by atoms with Gasteiger partial charge < -0.3 is 10.1 Å². The molecule has 0 aliphatic heterocycles. The molecular weight excluding hydrogens is 254 g/mol. The Bertz CT molecular complexity index is 460. The summed E-state index contributed by atoms with van der Waals surface area (Å²) in [6, 6.07) is 5.19. The quantitative estimate of drug-likeness (QED) is 0.675. The molecule has 0 aromatic heterocycles. The highest BCUT2D eigenvalue weighted by Gasteiger charge is 2.25. The number of rotatable bonds is 4. The number of hydrogen-bond donors (Lipinski definition) is 1. The van der Waals surface area contributed by atoms with Crippen molar-refractivity contribution in [3.8, 4) is 0 Å². The average molecular weight is 270 g/mol. The summed E-state index contributed by atoms with van der Waals surface area (Å²) >= 11 is 5.86. The fraction of sp³-hybridized carbons (Fsp3) is 0.385. The first-order chi connectivity index (χ1) is 8.49. The van der Waals surface area contributed by atoms with E-state index in [1.165, 1.54) is 7.11 Å². The highest BCUT2D eigenvalue weighted by molar-refractivity contribution is 6.31. The van der Waals surface area contributed by atoms with Gasteiger partial charge in [-0.2, -0.15) is 0 Å². The van der Waals surface area contributed by atoms with Crippen molar-refractivity contribution < 1.29 is 14.3 Å². The van der Waals surface area contributed by atoms with Crippen molar-refractivity contribution in [2.75, 3.05) is 12.4 Å². The van der Waals surface area contributed by atoms with Gasteiger partial charge in [0.2, 0.25) is 5.91 Å². The number of anilines is 1. The lowest BCUT2D eigenvalue weighted by atomic mass is 10.1. The number of nitrogens with one attached hydrogen (secondary N) is 1. The number of carbonyl (C=O) groups excluding carboxylic acids is 2. The van der Waals surface area contributed by atoms with Gasteiger partial charge in [0.25, 0.3) is 0 Å². The van der Waals surface area contributed by atoms with Crippen LogP contribution in [0.3, 0.4) is 0 Å². The fourth-order valence-corrected chi connectivity index (χ4v) is 1.72. The van der Waals surface area contributed by atoms with Gasteiger partial charge in [-0.25, -0.2) is 0 Å². The highest BCUT2D eigenvalue weighted by atomic mass is 35.5. The average Bonchev–Trinajstić information content (AvgIpc) is 2.34. The first kappa shape index (κ1) is 14.5. The molecule has 0 radical (unpaired) electrons. The van der Waals surface area contributed by atoms with Crippen LogP contribution in [0, 0.1) is 12.8 Å². The molecule has 98 valence electrons. The number of hydrogen-bond acceptors (Lipinski definition) is 3. The molecule has 1 rings (SSSR count). The van der Waals surface area contributed by atoms with Crippen molar-refractivity contribution in [2.45, 2.75) is 20.3 Å². The summed E-state index contributed by atoms with van der Waals surface area (Å²) in [4.78, 5) is 23.4. The van der Waals surface area contributed by atoms with Crippen LogP contribution in [0.2, 0.25) is 5.02 Å². The number of amides is 1. The molecule has 18 heavy (non-hydrogen) atoms. The molecular formula is C13H16ClNO3. The lowest BCUT2D eigenvalue weighted by Crippen LogP contribution is -2.30. The second-order valence-corrected chi connectivity index (χ2v) is 4.37. The molecule has 0 heterocycles. The van der Waals surface area contributed by atoms with Crippen LogP contribution in [0.25, 0.3) is 0 Å². The number of methoxy groups -OCH3 is 1. The number of esters is 1. The number of benzene rings is 1. The van der Waals surface area contributed by atoms with E-state index in [-0.39, 0.29) is 5.91 Å². The van der Waals surface area contributed by atoms with Gasteiger partial charge in [0, 0.05) is 10.7 Å². The van der Waals surface area contributed by atoms with Gasteiger partial charge in [-0.15, -0.1) is 0 Å². The van der Waals surface area contributed by atoms with Crippen molar-refractivity contribution in [1.82, 2.24) is 0 Å². The molecule has 1 N–H and O–H groups in total. The molecule has 0 saturated heterocycles. The second kappa shape index (κ2) is 6.40. The Hall–Kier alpha value is -1.55. The molecule has 1 unspecified atom stereocenters. The number of aryl methyl sites for hydroxylation is 1. The SMILES string of the molecule is CCC(C(=O)Nc1cc(Cl)ccc1C)C(=O)OC. The fourth-order valence-electron chi connectivity index (χ4n) is 1.55. The summed E-state index contributed by atoms with van der Waals surface area (Å²) in [6.45, 7) is 3.61. The Balaban J connectivity index is 2.86. The Kier molecular flexibility index (Phi) is 5.16. The Morgan fingerprint density at radius 3 is 2.67 bits per heavy atom. The smallest absolute Gasteiger partial charge is 0.318 e. The zero-order valence-electron chi connectivity index (χ0n) is 10.6. The molecule has 4 nitrogen and oxygen atoms in total. The summed E-state index contributed by atoms with van der Waals surface area (Å²) in [7, 11) is 1.27. The monoisotopic (exact) mass is 269 g/mol. The van der Waals surface area contributed by atoms with E-state index in [2.05, 4.69) is 10.1 Å². The molecule has 1 aromatic carbocycles. The van der Waals surface area contributed by atoms with Crippen molar-refractivity contribution >= 4 is 29.2 Å². The first-order valence-corrected chi connectivity index (χ1v) is 6.02. The van der Waals surface area contributed by atoms with E-state index in [1.807, 2.05) is 6.92 Å². The van der Waals surface area contributed by atoms with Crippen molar-refractivity contribution in [3.63, 3.8) is 0 Å². The van der Waals surface area contributed by atoms with Gasteiger partial charge in [-0.05, 0) is 31.0 Å². The topological polar surface area (TPSA) is 55.4 Å². The predicted octanol–water partition coefficient (Wildman–Crippen LogP) is 2.79. The maximum Gasteiger partial charge on any atom is 0.318 e. The summed E-state index contributed by atoms with van der Waals surface area (Å²) in [6.07, 6.45) is 0.387. The lowest BCUT2D eigenvalue weighted by molar-refractivity contribution is -0.148. The van der Waals surface area contributed by atoms with Crippen LogP contribution < -0.4 is 5.32 Å². The molecule has 5 heteroatoms. The van der Waals surface area contributed by atoms with Gasteiger partial charge in [0.15, 0.2) is 0 Å². The number of ether oxygens (including phenoxy) is 1. The van der Waals surface area contributed by atoms with Crippen molar-refractivity contribution in [3.05, 3.63) is 28.8 Å². The molecule has 0 bridgehead atoms. The van der Waals surface area contributed by atoms with E-state index in [0.717, 1.165) is 5.56 Å². The van der Waals surface area contributed by atoms with Crippen molar-refractivity contribution in [1.29, 1.82) is 0 Å². The van der Waals surface area contributed by atoms with E-state index < -0.39 is 11.9 Å². The molecule has 1 aromatic rings. The molecule has 0 aliphatic rings. The van der Waals surface area contributed by atoms with Crippen LogP contribution in [0.1, 0.15) is 18.9 Å². The summed E-state index contributed by atoms with van der Waals surface area (Å²) in [5, 5.41) is 3.22. The summed E-state index contributed by atoms with van der Waals surface area (Å²) in [5.41, 5.74) is 1.49. The summed E-state index contributed by atoms with van der Waals surface area (Å²) < 4.78 is 4.59. The normalized spacial score (nSPS) is 11.8. The van der Waals surface area contributed by atoms with Crippen LogP contribution in [0.5, 0.6) is 0 Å². The molecule has 1 atom stereocenters. The minimum absolute atomic E-state index is 0.380. The van der Waals surface area contributed by atoms with Gasteiger partial charge in [-0.1, -0.05) is 24.6 Å². The zero-order chi connectivity index (χ0) is 13.7. The van der Waals surface area contributed by atoms with E-state index >= 15 is 0 Å². The predicted molar refractivity (Wildman–Crippen MR) is 70.6 cm³/mol. The Morgan fingerprint density at radius 2 is 2.11 bits per heavy atom. The van der Waals surface area contributed by atoms with Crippen LogP contribution in [0.15, 0.2) is 18.2 Å². The molecule has 1 amide bonds. The maximum atomic E-state index is 12.0. The minimum Gasteiger partial charge on any atom is -0.468 e. The minimum atomic E-state index is -0.798. The standard InChI is InChI=1S/C13H16ClNO3/c1-4-10(13(17)18-3)12(16)15-11-7-9(14)6-5-8(11)2/h5-7,10H,4H2,1-3H3,(H,15,16). The third-order valence-electron chi connectivity index (χ3n) is 2.67. The highest BCUT2D eigenvalue weighted by Crippen LogP contribution is 2.21. The largest absolute Gasteiger partial charge is 0.468 e. The van der Waals surface area contributed by atoms with Crippen molar-refractivity contribution in [2.24, 2.45) is 5.92 Å². The number of carbonyl (C=O) groups is 2. The summed E-state index contributed by atoms with van der Waals surface area (Å²) in [5.74, 6) is -1.71. The van der Waals surface area contributed by atoms with E-state index in [9.17, 15) is 9.59 Å². The zero-order valence-corrected chi connectivity index (χ0v) is 11.4. The maximum absolute atomic E-state index is 12.0. The molecule has 0 fully saturated rings. The van der Waals surface area contributed by atoms with E-state index in [1.54, 1.807) is 25.1 Å². The van der Waals surface area contributed by atoms with Crippen LogP contribution in [-0.2, 0) is 14.3 Å². The van der Waals surface area contributed by atoms with Crippen LogP contribution in [0.4, 0.5) is 5.69 Å². The third kappa shape index (κ3) is 3.47. The number of halogens is 1.